The molecule has 0 bridgehead atoms. The third-order valence-electron chi connectivity index (χ3n) is 12.3. The molecular weight excluding hydrogens is 689 g/mol. The Morgan fingerprint density at radius 2 is 0.667 bits per heavy atom. The molecule has 2 aliphatic rings. The summed E-state index contributed by atoms with van der Waals surface area (Å²) in [5, 5.41) is 4.62. The van der Waals surface area contributed by atoms with Gasteiger partial charge in [0.15, 0.2) is 5.82 Å². The van der Waals surface area contributed by atoms with Crippen LogP contribution in [0.1, 0.15) is 22.3 Å². The minimum atomic E-state index is -0.416. The van der Waals surface area contributed by atoms with Gasteiger partial charge in [0.05, 0.1) is 16.8 Å². The van der Waals surface area contributed by atoms with Crippen molar-refractivity contribution in [1.29, 1.82) is 0 Å². The fourth-order valence-electron chi connectivity index (χ4n) is 10.0. The highest BCUT2D eigenvalue weighted by molar-refractivity contribution is 6.21. The first-order chi connectivity index (χ1) is 28.3. The molecule has 1 heterocycles. The second kappa shape index (κ2) is 12.3. The number of nitrogens with zero attached hydrogens (tertiary/aromatic N) is 2. The molecule has 0 amide bonds. The zero-order valence-electron chi connectivity index (χ0n) is 31.0. The van der Waals surface area contributed by atoms with Crippen molar-refractivity contribution in [1.82, 2.24) is 9.97 Å². The summed E-state index contributed by atoms with van der Waals surface area (Å²) in [6.45, 7) is 0. The zero-order chi connectivity index (χ0) is 37.5. The Hall–Kier alpha value is -7.42. The van der Waals surface area contributed by atoms with Gasteiger partial charge >= 0.3 is 0 Å². The Balaban J connectivity index is 1.15. The van der Waals surface area contributed by atoms with Gasteiger partial charge in [0.1, 0.15) is 0 Å². The molecule has 57 heavy (non-hydrogen) atoms. The Morgan fingerprint density at radius 1 is 0.281 bits per heavy atom. The summed E-state index contributed by atoms with van der Waals surface area (Å²) in [5.74, 6) is 0.719. The predicted molar refractivity (Wildman–Crippen MR) is 235 cm³/mol. The van der Waals surface area contributed by atoms with Gasteiger partial charge in [-0.15, -0.1) is 0 Å². The summed E-state index contributed by atoms with van der Waals surface area (Å²) in [4.78, 5) is 10.7. The summed E-state index contributed by atoms with van der Waals surface area (Å²) in [5.41, 5.74) is 17.6. The highest BCUT2D eigenvalue weighted by Gasteiger charge is 2.51. The summed E-state index contributed by atoms with van der Waals surface area (Å²) in [6.07, 6.45) is 0. The Bertz CT molecular complexity index is 3060. The maximum Gasteiger partial charge on any atom is 0.161 e. The van der Waals surface area contributed by atoms with E-state index in [1.54, 1.807) is 0 Å². The number of rotatable bonds is 4. The van der Waals surface area contributed by atoms with E-state index in [1.807, 2.05) is 12.1 Å². The van der Waals surface area contributed by atoms with E-state index in [0.717, 1.165) is 44.7 Å². The van der Waals surface area contributed by atoms with Gasteiger partial charge in [0.2, 0.25) is 0 Å². The van der Waals surface area contributed by atoms with Crippen molar-refractivity contribution in [2.45, 2.75) is 5.41 Å². The van der Waals surface area contributed by atoms with Crippen LogP contribution in [0.25, 0.3) is 88.8 Å². The summed E-state index contributed by atoms with van der Waals surface area (Å²) in [7, 11) is 0. The van der Waals surface area contributed by atoms with E-state index in [0.29, 0.717) is 0 Å². The zero-order valence-corrected chi connectivity index (χ0v) is 31.0. The van der Waals surface area contributed by atoms with Gasteiger partial charge in [-0.25, -0.2) is 9.97 Å². The van der Waals surface area contributed by atoms with E-state index in [9.17, 15) is 0 Å². The minimum Gasteiger partial charge on any atom is -0.228 e. The van der Waals surface area contributed by atoms with Crippen LogP contribution >= 0.6 is 0 Å². The third-order valence-corrected chi connectivity index (χ3v) is 12.3. The van der Waals surface area contributed by atoms with Gasteiger partial charge in [-0.05, 0) is 89.3 Å². The highest BCUT2D eigenvalue weighted by Crippen LogP contribution is 2.63. The number of hydrogen-bond donors (Lipinski definition) is 0. The molecular formula is C55H34N2. The van der Waals surface area contributed by atoms with E-state index in [4.69, 9.17) is 9.97 Å². The van der Waals surface area contributed by atoms with Gasteiger partial charge in [-0.1, -0.05) is 194 Å². The molecule has 0 saturated heterocycles. The summed E-state index contributed by atoms with van der Waals surface area (Å²) >= 11 is 0. The molecule has 0 unspecified atom stereocenters. The third kappa shape index (κ3) is 4.53. The number of aromatic nitrogens is 2. The van der Waals surface area contributed by atoms with E-state index < -0.39 is 5.41 Å². The van der Waals surface area contributed by atoms with Crippen LogP contribution in [0.4, 0.5) is 0 Å². The maximum absolute atomic E-state index is 5.35. The predicted octanol–water partition coefficient (Wildman–Crippen LogP) is 13.8. The standard InChI is InChI=1S/C55H34N2/c1-3-17-35(18-4-1)50-34-51(36-19-5-2-6-20-36)57-54(56-50)53-44-26-9-7-24-42(44)52(43-25-8-10-27-45(43)53)37-31-32-41-40-23-13-16-30-48(40)55(49(41)33-37)46-28-14-11-21-38(46)39-22-12-15-29-47(39)55/h1-34H. The minimum absolute atomic E-state index is 0.416. The first-order valence-corrected chi connectivity index (χ1v) is 19.7. The normalized spacial score (nSPS) is 13.1. The van der Waals surface area contributed by atoms with Gasteiger partial charge in [-0.3, -0.25) is 0 Å². The maximum atomic E-state index is 5.35. The van der Waals surface area contributed by atoms with Crippen molar-refractivity contribution >= 4 is 21.5 Å². The molecule has 1 spiro atoms. The molecule has 0 aliphatic heterocycles. The van der Waals surface area contributed by atoms with Crippen LogP contribution in [0.2, 0.25) is 0 Å². The second-order valence-corrected chi connectivity index (χ2v) is 15.2. The van der Waals surface area contributed by atoms with E-state index in [-0.39, 0.29) is 0 Å². The fourth-order valence-corrected chi connectivity index (χ4v) is 10.0. The fraction of sp³-hybridized carbons (Fsp3) is 0.0182. The summed E-state index contributed by atoms with van der Waals surface area (Å²) < 4.78 is 0. The van der Waals surface area contributed by atoms with Gasteiger partial charge in [0, 0.05) is 16.7 Å². The topological polar surface area (TPSA) is 25.8 Å². The van der Waals surface area contributed by atoms with Gasteiger partial charge < -0.3 is 0 Å². The molecule has 0 radical (unpaired) electrons. The quantitative estimate of drug-likeness (QED) is 0.169. The van der Waals surface area contributed by atoms with Gasteiger partial charge in [0.25, 0.3) is 0 Å². The van der Waals surface area contributed by atoms with E-state index in [2.05, 4.69) is 194 Å². The van der Waals surface area contributed by atoms with Crippen LogP contribution in [0, 0.1) is 0 Å². The first-order valence-electron chi connectivity index (χ1n) is 19.7. The second-order valence-electron chi connectivity index (χ2n) is 15.2. The molecule has 12 rings (SSSR count). The molecule has 10 aromatic rings. The van der Waals surface area contributed by atoms with Crippen molar-refractivity contribution in [2.24, 2.45) is 0 Å². The summed E-state index contributed by atoms with van der Waals surface area (Å²) in [6, 6.07) is 74.9. The largest absolute Gasteiger partial charge is 0.228 e. The van der Waals surface area contributed by atoms with Crippen LogP contribution < -0.4 is 0 Å². The van der Waals surface area contributed by atoms with Crippen LogP contribution in [-0.4, -0.2) is 9.97 Å². The van der Waals surface area contributed by atoms with Crippen molar-refractivity contribution in [3.05, 3.63) is 229 Å². The molecule has 2 aliphatic carbocycles. The van der Waals surface area contributed by atoms with Crippen LogP contribution in [-0.2, 0) is 5.41 Å². The Morgan fingerprint density at radius 3 is 1.14 bits per heavy atom. The van der Waals surface area contributed by atoms with Crippen LogP contribution in [0.3, 0.4) is 0 Å². The highest BCUT2D eigenvalue weighted by atomic mass is 14.9. The average Bonchev–Trinajstić information content (AvgIpc) is 3.75. The molecule has 264 valence electrons. The van der Waals surface area contributed by atoms with E-state index >= 15 is 0 Å². The lowest BCUT2D eigenvalue weighted by Gasteiger charge is -2.30. The van der Waals surface area contributed by atoms with E-state index in [1.165, 1.54) is 66.4 Å². The average molecular weight is 723 g/mol. The Kier molecular flexibility index (Phi) is 6.88. The smallest absolute Gasteiger partial charge is 0.161 e. The van der Waals surface area contributed by atoms with Crippen molar-refractivity contribution in [2.75, 3.05) is 0 Å². The van der Waals surface area contributed by atoms with Gasteiger partial charge in [-0.2, -0.15) is 0 Å². The van der Waals surface area contributed by atoms with Crippen LogP contribution in [0.15, 0.2) is 206 Å². The monoisotopic (exact) mass is 722 g/mol. The molecule has 2 nitrogen and oxygen atoms in total. The van der Waals surface area contributed by atoms with Crippen LogP contribution in [0.5, 0.6) is 0 Å². The lowest BCUT2D eigenvalue weighted by atomic mass is 9.70. The van der Waals surface area contributed by atoms with Crippen molar-refractivity contribution < 1.29 is 0 Å². The lowest BCUT2D eigenvalue weighted by Crippen LogP contribution is -2.25. The molecule has 2 heteroatoms. The van der Waals surface area contributed by atoms with Crippen molar-refractivity contribution in [3.8, 4) is 67.3 Å². The number of fused-ring (bicyclic) bond motifs is 12. The number of benzene rings is 9. The Labute approximate surface area is 331 Å². The molecule has 0 N–H and O–H groups in total. The molecule has 0 fully saturated rings. The lowest BCUT2D eigenvalue weighted by molar-refractivity contribution is 0.794. The molecule has 9 aromatic carbocycles. The molecule has 0 saturated carbocycles. The number of hydrogen-bond acceptors (Lipinski definition) is 2. The first kappa shape index (κ1) is 31.9. The SMILES string of the molecule is c1ccc(-c2cc(-c3ccccc3)nc(-c3c4ccccc4c(-c4ccc5c(c4)C4(c6ccccc6-c6ccccc64)c4ccccc4-5)c4ccccc34)n2)cc1. The molecule has 1 aromatic heterocycles. The molecule has 0 atom stereocenters. The van der Waals surface area contributed by atoms with Crippen molar-refractivity contribution in [3.63, 3.8) is 0 Å².